The Kier molecular flexibility index (Phi) is 2.37. The molecule has 0 heterocycles. The largest absolute Gasteiger partial charge is 0.398 e. The van der Waals surface area contributed by atoms with Gasteiger partial charge in [0.15, 0.2) is 0 Å². The van der Waals surface area contributed by atoms with E-state index in [1.807, 2.05) is 5.92 Å². The lowest BCUT2D eigenvalue weighted by Gasteiger charge is -1.99. The van der Waals surface area contributed by atoms with E-state index in [1.54, 1.807) is 12.1 Å². The fourth-order valence-electron chi connectivity index (χ4n) is 0.803. The normalized spacial score (nSPS) is 9.00. The first-order valence-corrected chi connectivity index (χ1v) is 3.59. The maximum Gasteiger partial charge on any atom is 0.237 e. The van der Waals surface area contributed by atoms with Gasteiger partial charge in [0.25, 0.3) is 0 Å². The molecule has 0 bridgehead atoms. The molecular formula is C9H6ClNO. The molecular weight excluding hydrogens is 174 g/mol. The van der Waals surface area contributed by atoms with Gasteiger partial charge < -0.3 is 5.73 Å². The van der Waals surface area contributed by atoms with Crippen LogP contribution in [0.15, 0.2) is 18.2 Å². The van der Waals surface area contributed by atoms with E-state index < -0.39 is 5.78 Å². The van der Waals surface area contributed by atoms with E-state index in [9.17, 15) is 4.79 Å². The van der Waals surface area contributed by atoms with Gasteiger partial charge in [-0.3, -0.25) is 4.79 Å². The highest BCUT2D eigenvalue weighted by atomic mass is 35.5. The Morgan fingerprint density at radius 1 is 1.58 bits per heavy atom. The third-order valence-electron chi connectivity index (χ3n) is 1.39. The summed E-state index contributed by atoms with van der Waals surface area (Å²) < 4.78 is 0. The van der Waals surface area contributed by atoms with Crippen LogP contribution in [0.4, 0.5) is 5.69 Å². The topological polar surface area (TPSA) is 43.1 Å². The Balaban J connectivity index is 3.25. The number of benzene rings is 1. The predicted molar refractivity (Wildman–Crippen MR) is 49.0 cm³/mol. The highest BCUT2D eigenvalue weighted by Gasteiger charge is 2.06. The number of nitrogens with two attached hydrogens (primary N) is 1. The number of rotatable bonds is 1. The van der Waals surface area contributed by atoms with Crippen molar-refractivity contribution in [2.24, 2.45) is 0 Å². The highest BCUT2D eigenvalue weighted by Crippen LogP contribution is 2.17. The number of terminal acetylenes is 1. The molecule has 0 saturated carbocycles. The zero-order valence-corrected chi connectivity index (χ0v) is 6.93. The summed E-state index contributed by atoms with van der Waals surface area (Å²) in [6, 6.07) is 4.61. The first-order chi connectivity index (χ1) is 5.65. The molecule has 2 N–H and O–H groups in total. The maximum absolute atomic E-state index is 11.0. The molecule has 0 saturated heterocycles. The molecule has 0 aliphatic carbocycles. The van der Waals surface area contributed by atoms with E-state index in [0.29, 0.717) is 10.7 Å². The first kappa shape index (κ1) is 8.63. The standard InChI is InChI=1S/C9H6ClNO/c1-2-9(12)7-5-6(10)3-4-8(7)11/h1,3-5H,11H2. The van der Waals surface area contributed by atoms with Gasteiger partial charge in [-0.15, -0.1) is 6.42 Å². The number of halogens is 1. The van der Waals surface area contributed by atoms with Crippen LogP contribution in [0.2, 0.25) is 5.02 Å². The van der Waals surface area contributed by atoms with E-state index in [0.717, 1.165) is 0 Å². The summed E-state index contributed by atoms with van der Waals surface area (Å²) in [6.07, 6.45) is 4.92. The second-order valence-electron chi connectivity index (χ2n) is 2.21. The highest BCUT2D eigenvalue weighted by molar-refractivity contribution is 6.31. The molecule has 0 spiro atoms. The molecule has 0 unspecified atom stereocenters. The summed E-state index contributed by atoms with van der Waals surface area (Å²) in [5.41, 5.74) is 6.12. The first-order valence-electron chi connectivity index (χ1n) is 3.21. The van der Waals surface area contributed by atoms with E-state index >= 15 is 0 Å². The zero-order chi connectivity index (χ0) is 9.14. The van der Waals surface area contributed by atoms with Crippen molar-refractivity contribution >= 4 is 23.1 Å². The van der Waals surface area contributed by atoms with Crippen LogP contribution in [0.1, 0.15) is 10.4 Å². The summed E-state index contributed by atoms with van der Waals surface area (Å²) in [7, 11) is 0. The Hall–Kier alpha value is -1.46. The molecule has 0 amide bonds. The molecule has 3 heteroatoms. The summed E-state index contributed by atoms with van der Waals surface area (Å²) in [5.74, 6) is 1.52. The molecule has 2 nitrogen and oxygen atoms in total. The van der Waals surface area contributed by atoms with Crippen molar-refractivity contribution in [3.8, 4) is 12.3 Å². The third kappa shape index (κ3) is 1.58. The van der Waals surface area contributed by atoms with Crippen LogP contribution in [0, 0.1) is 12.3 Å². The Labute approximate surface area is 75.3 Å². The molecule has 0 aliphatic rings. The molecule has 0 atom stereocenters. The third-order valence-corrected chi connectivity index (χ3v) is 1.63. The van der Waals surface area contributed by atoms with Crippen molar-refractivity contribution in [3.05, 3.63) is 28.8 Å². The second-order valence-corrected chi connectivity index (χ2v) is 2.64. The van der Waals surface area contributed by atoms with Crippen LogP contribution < -0.4 is 5.73 Å². The van der Waals surface area contributed by atoms with Crippen molar-refractivity contribution in [1.29, 1.82) is 0 Å². The lowest BCUT2D eigenvalue weighted by Crippen LogP contribution is -2.00. The smallest absolute Gasteiger partial charge is 0.237 e. The number of hydrogen-bond acceptors (Lipinski definition) is 2. The van der Waals surface area contributed by atoms with Crippen LogP contribution in [0.25, 0.3) is 0 Å². The summed E-state index contributed by atoms with van der Waals surface area (Å²) in [4.78, 5) is 11.0. The number of anilines is 1. The summed E-state index contributed by atoms with van der Waals surface area (Å²) in [6.45, 7) is 0. The van der Waals surface area contributed by atoms with Crippen LogP contribution in [-0.2, 0) is 0 Å². The second kappa shape index (κ2) is 3.29. The molecule has 1 aromatic rings. The number of nitrogen functional groups attached to an aromatic ring is 1. The van der Waals surface area contributed by atoms with Crippen molar-refractivity contribution in [2.45, 2.75) is 0 Å². The predicted octanol–water partition coefficient (Wildman–Crippen LogP) is 1.74. The molecule has 0 fully saturated rings. The minimum Gasteiger partial charge on any atom is -0.398 e. The minimum atomic E-state index is -0.449. The van der Waals surface area contributed by atoms with Crippen molar-refractivity contribution in [2.75, 3.05) is 5.73 Å². The lowest BCUT2D eigenvalue weighted by atomic mass is 10.1. The van der Waals surface area contributed by atoms with Crippen LogP contribution >= 0.6 is 11.6 Å². The quantitative estimate of drug-likeness (QED) is 0.309. The van der Waals surface area contributed by atoms with Gasteiger partial charge in [-0.2, -0.15) is 0 Å². The number of carbonyl (C=O) groups is 1. The molecule has 0 aromatic heterocycles. The van der Waals surface area contributed by atoms with Crippen molar-refractivity contribution in [3.63, 3.8) is 0 Å². The lowest BCUT2D eigenvalue weighted by molar-refractivity contribution is 0.105. The molecule has 0 radical (unpaired) electrons. The SMILES string of the molecule is C#CC(=O)c1cc(Cl)ccc1N. The van der Waals surface area contributed by atoms with Crippen LogP contribution in [-0.4, -0.2) is 5.78 Å². The van der Waals surface area contributed by atoms with Gasteiger partial charge in [-0.1, -0.05) is 11.6 Å². The van der Waals surface area contributed by atoms with Gasteiger partial charge in [-0.05, 0) is 24.1 Å². The molecule has 12 heavy (non-hydrogen) atoms. The van der Waals surface area contributed by atoms with E-state index in [-0.39, 0.29) is 5.56 Å². The van der Waals surface area contributed by atoms with Gasteiger partial charge in [0.05, 0.1) is 5.56 Å². The summed E-state index contributed by atoms with van der Waals surface area (Å²) >= 11 is 5.64. The Morgan fingerprint density at radius 3 is 2.83 bits per heavy atom. The van der Waals surface area contributed by atoms with Crippen molar-refractivity contribution in [1.82, 2.24) is 0 Å². The van der Waals surface area contributed by atoms with Crippen molar-refractivity contribution < 1.29 is 4.79 Å². The average Bonchev–Trinajstić information content (AvgIpc) is 2.08. The molecule has 1 aromatic carbocycles. The van der Waals surface area contributed by atoms with E-state index in [4.69, 9.17) is 23.8 Å². The fraction of sp³-hybridized carbons (Fsp3) is 0. The van der Waals surface area contributed by atoms with Gasteiger partial charge in [0.1, 0.15) is 0 Å². The number of carbonyl (C=O) groups excluding carboxylic acids is 1. The zero-order valence-electron chi connectivity index (χ0n) is 6.17. The van der Waals surface area contributed by atoms with Gasteiger partial charge in [-0.25, -0.2) is 0 Å². The monoisotopic (exact) mass is 179 g/mol. The van der Waals surface area contributed by atoms with Gasteiger partial charge in [0, 0.05) is 10.7 Å². The number of hydrogen-bond donors (Lipinski definition) is 1. The van der Waals surface area contributed by atoms with E-state index in [2.05, 4.69) is 0 Å². The minimum absolute atomic E-state index is 0.282. The van der Waals surface area contributed by atoms with Crippen LogP contribution in [0.3, 0.4) is 0 Å². The number of ketones is 1. The fourth-order valence-corrected chi connectivity index (χ4v) is 0.975. The molecule has 0 aliphatic heterocycles. The summed E-state index contributed by atoms with van der Waals surface area (Å²) in [5, 5.41) is 0.447. The van der Waals surface area contributed by atoms with Gasteiger partial charge in [0.2, 0.25) is 5.78 Å². The average molecular weight is 180 g/mol. The molecule has 60 valence electrons. The Morgan fingerprint density at radius 2 is 2.25 bits per heavy atom. The maximum atomic E-state index is 11.0. The molecule has 1 rings (SSSR count). The van der Waals surface area contributed by atoms with E-state index in [1.165, 1.54) is 6.07 Å². The van der Waals surface area contributed by atoms with Gasteiger partial charge >= 0.3 is 0 Å². The van der Waals surface area contributed by atoms with Crippen LogP contribution in [0.5, 0.6) is 0 Å². The Bertz CT molecular complexity index is 365. The number of Topliss-reactive ketones (excluding diaryl/α,β-unsaturated/α-hetero) is 1.